The average molecular weight is 280 g/mol. The van der Waals surface area contributed by atoms with Gasteiger partial charge in [-0.1, -0.05) is 30.4 Å². The van der Waals surface area contributed by atoms with Crippen LogP contribution in [0.5, 0.6) is 0 Å². The number of nitrogens with two attached hydrogens (primary N) is 1. The van der Waals surface area contributed by atoms with E-state index < -0.39 is 0 Å². The van der Waals surface area contributed by atoms with Gasteiger partial charge >= 0.3 is 0 Å². The first-order valence-electron chi connectivity index (χ1n) is 6.36. The van der Waals surface area contributed by atoms with Crippen molar-refractivity contribution in [2.75, 3.05) is 24.7 Å². The van der Waals surface area contributed by atoms with Gasteiger partial charge in [0.15, 0.2) is 0 Å². The molecule has 0 aromatic heterocycles. The second-order valence-electron chi connectivity index (χ2n) is 4.04. The molecule has 1 rings (SSSR count). The Morgan fingerprint density at radius 1 is 1.32 bits per heavy atom. The van der Waals surface area contributed by atoms with Crippen molar-refractivity contribution in [3.8, 4) is 0 Å². The number of rotatable bonds is 8. The highest BCUT2D eigenvalue weighted by Crippen LogP contribution is 2.15. The van der Waals surface area contributed by atoms with Gasteiger partial charge in [0.1, 0.15) is 0 Å². The summed E-state index contributed by atoms with van der Waals surface area (Å²) in [5, 5.41) is 0. The third-order valence-corrected chi connectivity index (χ3v) is 2.82. The van der Waals surface area contributed by atoms with Crippen LogP contribution in [-0.2, 0) is 9.53 Å². The van der Waals surface area contributed by atoms with Gasteiger partial charge < -0.3 is 15.4 Å². The Kier molecular flexibility index (Phi) is 7.07. The Hall–Kier alpha value is -1.46. The maximum atomic E-state index is 12.2. The number of benzene rings is 1. The predicted octanol–water partition coefficient (Wildman–Crippen LogP) is 2.12. The minimum absolute atomic E-state index is 0.0240. The van der Waals surface area contributed by atoms with Crippen LogP contribution in [0.2, 0.25) is 0 Å². The fourth-order valence-corrected chi connectivity index (χ4v) is 1.76. The zero-order chi connectivity index (χ0) is 14.1. The SMILES string of the molecule is CCOCCC(=O)N(CCC(N)=S)c1ccccc1. The standard InChI is InChI=1S/C14H20N2O2S/c1-2-18-11-9-14(17)16(10-8-13(15)19)12-6-4-3-5-7-12/h3-7H,2,8-11H2,1H3,(H2,15,19). The molecule has 0 spiro atoms. The van der Waals surface area contributed by atoms with Crippen molar-refractivity contribution in [2.45, 2.75) is 19.8 Å². The van der Waals surface area contributed by atoms with Crippen LogP contribution in [0.3, 0.4) is 0 Å². The van der Waals surface area contributed by atoms with Crippen LogP contribution >= 0.6 is 12.2 Å². The van der Waals surface area contributed by atoms with Gasteiger partial charge in [0.25, 0.3) is 0 Å². The number of carbonyl (C=O) groups is 1. The number of carbonyl (C=O) groups excluding carboxylic acids is 1. The average Bonchev–Trinajstić information content (AvgIpc) is 2.40. The van der Waals surface area contributed by atoms with Crippen molar-refractivity contribution in [1.82, 2.24) is 0 Å². The summed E-state index contributed by atoms with van der Waals surface area (Å²) in [5.74, 6) is 0.0240. The number of hydrogen-bond acceptors (Lipinski definition) is 3. The molecule has 2 N–H and O–H groups in total. The van der Waals surface area contributed by atoms with E-state index in [1.165, 1.54) is 0 Å². The van der Waals surface area contributed by atoms with Gasteiger partial charge in [0.2, 0.25) is 5.91 Å². The summed E-state index contributed by atoms with van der Waals surface area (Å²) in [6, 6.07) is 9.52. The zero-order valence-corrected chi connectivity index (χ0v) is 12.0. The molecule has 0 unspecified atom stereocenters. The van der Waals surface area contributed by atoms with E-state index in [1.54, 1.807) is 4.90 Å². The molecule has 104 valence electrons. The Labute approximate surface area is 119 Å². The first kappa shape index (κ1) is 15.6. The van der Waals surface area contributed by atoms with E-state index in [0.717, 1.165) is 5.69 Å². The molecule has 1 aromatic rings. The van der Waals surface area contributed by atoms with Crippen molar-refractivity contribution >= 4 is 28.8 Å². The van der Waals surface area contributed by atoms with Gasteiger partial charge in [0.05, 0.1) is 18.0 Å². The molecule has 0 radical (unpaired) electrons. The molecule has 0 saturated heterocycles. The molecule has 0 atom stereocenters. The van der Waals surface area contributed by atoms with Crippen LogP contribution in [-0.4, -0.2) is 30.7 Å². The molecule has 1 aromatic carbocycles. The molecule has 0 aliphatic rings. The van der Waals surface area contributed by atoms with E-state index in [-0.39, 0.29) is 5.91 Å². The van der Waals surface area contributed by atoms with Crippen LogP contribution in [0.15, 0.2) is 30.3 Å². The molecule has 0 heterocycles. The van der Waals surface area contributed by atoms with E-state index in [2.05, 4.69) is 0 Å². The van der Waals surface area contributed by atoms with Crippen LogP contribution in [0.1, 0.15) is 19.8 Å². The second-order valence-corrected chi connectivity index (χ2v) is 4.57. The summed E-state index contributed by atoms with van der Waals surface area (Å²) in [6.45, 7) is 3.47. The first-order valence-corrected chi connectivity index (χ1v) is 6.77. The lowest BCUT2D eigenvalue weighted by Crippen LogP contribution is -2.34. The number of ether oxygens (including phenoxy) is 1. The summed E-state index contributed by atoms with van der Waals surface area (Å²) in [6.07, 6.45) is 0.880. The van der Waals surface area contributed by atoms with E-state index in [9.17, 15) is 4.79 Å². The summed E-state index contributed by atoms with van der Waals surface area (Å²) in [4.78, 5) is 14.3. The van der Waals surface area contributed by atoms with Crippen LogP contribution in [0, 0.1) is 0 Å². The van der Waals surface area contributed by atoms with Gasteiger partial charge in [-0.2, -0.15) is 0 Å². The normalized spacial score (nSPS) is 10.2. The van der Waals surface area contributed by atoms with E-state index in [0.29, 0.717) is 37.6 Å². The van der Waals surface area contributed by atoms with Crippen molar-refractivity contribution in [1.29, 1.82) is 0 Å². The number of hydrogen-bond donors (Lipinski definition) is 1. The predicted molar refractivity (Wildman–Crippen MR) is 81.3 cm³/mol. The zero-order valence-electron chi connectivity index (χ0n) is 11.2. The van der Waals surface area contributed by atoms with Gasteiger partial charge in [-0.05, 0) is 19.1 Å². The van der Waals surface area contributed by atoms with Crippen molar-refractivity contribution in [2.24, 2.45) is 5.73 Å². The molecule has 0 fully saturated rings. The van der Waals surface area contributed by atoms with Gasteiger partial charge in [0, 0.05) is 25.3 Å². The van der Waals surface area contributed by atoms with Crippen molar-refractivity contribution < 1.29 is 9.53 Å². The molecule has 19 heavy (non-hydrogen) atoms. The molecule has 0 aliphatic heterocycles. The quantitative estimate of drug-likeness (QED) is 0.585. The second kappa shape index (κ2) is 8.61. The van der Waals surface area contributed by atoms with Gasteiger partial charge in [-0.3, -0.25) is 4.79 Å². The highest BCUT2D eigenvalue weighted by atomic mass is 32.1. The van der Waals surface area contributed by atoms with Crippen LogP contribution in [0.4, 0.5) is 5.69 Å². The van der Waals surface area contributed by atoms with Crippen LogP contribution in [0.25, 0.3) is 0 Å². The summed E-state index contributed by atoms with van der Waals surface area (Å²) in [5.41, 5.74) is 6.37. The largest absolute Gasteiger partial charge is 0.393 e. The molecule has 4 nitrogen and oxygen atoms in total. The minimum atomic E-state index is 0.0240. The summed E-state index contributed by atoms with van der Waals surface area (Å²) < 4.78 is 5.22. The lowest BCUT2D eigenvalue weighted by atomic mass is 10.2. The molecular weight excluding hydrogens is 260 g/mol. The number of amides is 1. The Morgan fingerprint density at radius 3 is 2.58 bits per heavy atom. The topological polar surface area (TPSA) is 55.6 Å². The van der Waals surface area contributed by atoms with E-state index in [1.807, 2.05) is 37.3 Å². The number of anilines is 1. The van der Waals surface area contributed by atoms with Crippen LogP contribution < -0.4 is 10.6 Å². The highest BCUT2D eigenvalue weighted by Gasteiger charge is 2.15. The smallest absolute Gasteiger partial charge is 0.229 e. The number of thiocarbonyl (C=S) groups is 1. The third kappa shape index (κ3) is 5.81. The molecule has 5 heteroatoms. The van der Waals surface area contributed by atoms with E-state index >= 15 is 0 Å². The summed E-state index contributed by atoms with van der Waals surface area (Å²) in [7, 11) is 0. The third-order valence-electron chi connectivity index (χ3n) is 2.62. The Morgan fingerprint density at radius 2 is 2.00 bits per heavy atom. The minimum Gasteiger partial charge on any atom is -0.393 e. The van der Waals surface area contributed by atoms with Gasteiger partial charge in [-0.25, -0.2) is 0 Å². The van der Waals surface area contributed by atoms with Crippen molar-refractivity contribution in [3.05, 3.63) is 30.3 Å². The number of para-hydroxylation sites is 1. The van der Waals surface area contributed by atoms with E-state index in [4.69, 9.17) is 22.7 Å². The number of nitrogens with zero attached hydrogens (tertiary/aromatic N) is 1. The fourth-order valence-electron chi connectivity index (χ4n) is 1.67. The lowest BCUT2D eigenvalue weighted by molar-refractivity contribution is -0.119. The van der Waals surface area contributed by atoms with Crippen molar-refractivity contribution in [3.63, 3.8) is 0 Å². The first-order chi connectivity index (χ1) is 9.15. The highest BCUT2D eigenvalue weighted by molar-refractivity contribution is 7.80. The maximum absolute atomic E-state index is 12.2. The molecule has 0 saturated carbocycles. The molecule has 0 aliphatic carbocycles. The lowest BCUT2D eigenvalue weighted by Gasteiger charge is -2.22. The molecular formula is C14H20N2O2S. The fraction of sp³-hybridized carbons (Fsp3) is 0.429. The van der Waals surface area contributed by atoms with Gasteiger partial charge in [-0.15, -0.1) is 0 Å². The maximum Gasteiger partial charge on any atom is 0.229 e. The summed E-state index contributed by atoms with van der Waals surface area (Å²) >= 11 is 4.87. The molecule has 1 amide bonds. The Balaban J connectivity index is 2.69. The monoisotopic (exact) mass is 280 g/mol. The molecule has 0 bridgehead atoms. The Bertz CT molecular complexity index is 409.